The van der Waals surface area contributed by atoms with Crippen LogP contribution in [0.3, 0.4) is 0 Å². The quantitative estimate of drug-likeness (QED) is 0.389. The van der Waals surface area contributed by atoms with E-state index < -0.39 is 0 Å². The number of halogens is 1. The zero-order valence-electron chi connectivity index (χ0n) is 17.5. The number of fused-ring (bicyclic) bond motifs is 2. The van der Waals surface area contributed by atoms with E-state index in [0.717, 1.165) is 61.5 Å². The third-order valence-electron chi connectivity index (χ3n) is 6.00. The number of H-pyrrole nitrogens is 2. The average molecular weight is 422 g/mol. The van der Waals surface area contributed by atoms with Gasteiger partial charge in [0.15, 0.2) is 0 Å². The maximum Gasteiger partial charge on any atom is 0.123 e. The second kappa shape index (κ2) is 6.88. The number of benzene rings is 2. The number of imidazole rings is 1. The van der Waals surface area contributed by atoms with Crippen LogP contribution in [0.15, 0.2) is 67.0 Å². The summed E-state index contributed by atoms with van der Waals surface area (Å²) in [6.07, 6.45) is 3.64. The van der Waals surface area contributed by atoms with Crippen molar-refractivity contribution >= 4 is 21.8 Å². The Morgan fingerprint density at radius 2 is 1.75 bits per heavy atom. The molecule has 7 heteroatoms. The van der Waals surface area contributed by atoms with Crippen molar-refractivity contribution in [2.75, 3.05) is 0 Å². The van der Waals surface area contributed by atoms with Crippen LogP contribution in [0.5, 0.6) is 0 Å². The van der Waals surface area contributed by atoms with Crippen LogP contribution in [0.1, 0.15) is 5.82 Å². The van der Waals surface area contributed by atoms with E-state index in [1.807, 2.05) is 49.0 Å². The number of nitrogens with one attached hydrogen (secondary N) is 2. The van der Waals surface area contributed by atoms with Crippen LogP contribution in [0.25, 0.3) is 55.7 Å². The molecule has 0 radical (unpaired) electrons. The van der Waals surface area contributed by atoms with Gasteiger partial charge in [-0.15, -0.1) is 0 Å². The molecule has 2 N–H and O–H groups in total. The lowest BCUT2D eigenvalue weighted by molar-refractivity contribution is 0.628. The topological polar surface area (TPSA) is 75.2 Å². The summed E-state index contributed by atoms with van der Waals surface area (Å²) >= 11 is 0. The molecule has 0 aliphatic rings. The van der Waals surface area contributed by atoms with E-state index in [1.165, 1.54) is 12.1 Å². The molecule has 0 bridgehead atoms. The van der Waals surface area contributed by atoms with Crippen molar-refractivity contribution in [2.24, 2.45) is 7.05 Å². The van der Waals surface area contributed by atoms with Gasteiger partial charge < -0.3 is 9.55 Å². The van der Waals surface area contributed by atoms with Gasteiger partial charge in [-0.2, -0.15) is 5.10 Å². The highest BCUT2D eigenvalue weighted by Crippen LogP contribution is 2.34. The third-order valence-corrected chi connectivity index (χ3v) is 6.00. The summed E-state index contributed by atoms with van der Waals surface area (Å²) in [5, 5.41) is 9.69. The molecule has 6 rings (SSSR count). The molecule has 156 valence electrons. The number of hydrogen-bond acceptors (Lipinski definition) is 3. The van der Waals surface area contributed by atoms with Gasteiger partial charge in [-0.1, -0.05) is 24.3 Å². The van der Waals surface area contributed by atoms with Gasteiger partial charge in [0.05, 0.1) is 35.0 Å². The molecule has 6 nitrogen and oxygen atoms in total. The lowest BCUT2D eigenvalue weighted by Gasteiger charge is -2.03. The first-order valence-electron chi connectivity index (χ1n) is 10.3. The monoisotopic (exact) mass is 422 g/mol. The van der Waals surface area contributed by atoms with Crippen LogP contribution in [-0.4, -0.2) is 29.7 Å². The van der Waals surface area contributed by atoms with Gasteiger partial charge >= 0.3 is 0 Å². The number of rotatable bonds is 3. The Bertz CT molecular complexity index is 1600. The maximum absolute atomic E-state index is 13.4. The van der Waals surface area contributed by atoms with Crippen molar-refractivity contribution in [3.63, 3.8) is 0 Å². The molecule has 0 spiro atoms. The molecule has 6 aromatic rings. The fraction of sp³-hybridized carbons (Fsp3) is 0.0800. The zero-order valence-corrected chi connectivity index (χ0v) is 17.5. The van der Waals surface area contributed by atoms with Crippen molar-refractivity contribution in [3.8, 4) is 33.9 Å². The number of aryl methyl sites for hydroxylation is 1. The lowest BCUT2D eigenvalue weighted by Crippen LogP contribution is -1.95. The molecule has 32 heavy (non-hydrogen) atoms. The summed E-state index contributed by atoms with van der Waals surface area (Å²) in [5.41, 5.74) is 7.38. The molecule has 0 saturated heterocycles. The van der Waals surface area contributed by atoms with Crippen molar-refractivity contribution in [1.82, 2.24) is 29.7 Å². The van der Waals surface area contributed by atoms with Gasteiger partial charge in [0, 0.05) is 23.3 Å². The van der Waals surface area contributed by atoms with E-state index in [9.17, 15) is 4.39 Å². The number of aromatic amines is 2. The van der Waals surface area contributed by atoms with Crippen LogP contribution in [0.4, 0.5) is 4.39 Å². The smallest absolute Gasteiger partial charge is 0.123 e. The van der Waals surface area contributed by atoms with Crippen LogP contribution in [0.2, 0.25) is 0 Å². The summed E-state index contributed by atoms with van der Waals surface area (Å²) in [4.78, 5) is 12.5. The first kappa shape index (κ1) is 18.5. The fourth-order valence-corrected chi connectivity index (χ4v) is 4.17. The SMILES string of the molecule is Cc1ncc(-c2cc3c(-c4cc5c(-c6ccc(F)cc6)cccc5[nH]4)n[nH]c3cn2)n1C. The van der Waals surface area contributed by atoms with Crippen LogP contribution in [0, 0.1) is 12.7 Å². The molecular formula is C25H19FN6. The second-order valence-corrected chi connectivity index (χ2v) is 7.89. The van der Waals surface area contributed by atoms with Crippen LogP contribution in [-0.2, 0) is 7.05 Å². The minimum Gasteiger partial charge on any atom is -0.353 e. The predicted octanol–water partition coefficient (Wildman–Crippen LogP) is 5.62. The van der Waals surface area contributed by atoms with Crippen molar-refractivity contribution < 1.29 is 4.39 Å². The highest BCUT2D eigenvalue weighted by molar-refractivity contribution is 6.01. The standard InChI is InChI=1S/C25H19FN6/c1-14-27-13-24(32(14)2)21-11-19-23(12-28-21)30-31-25(19)22-10-18-17(4-3-5-20(18)29-22)15-6-8-16(26)9-7-15/h3-13,29H,1-2H3,(H,30,31). The molecule has 2 aromatic carbocycles. The molecule has 0 amide bonds. The van der Waals surface area contributed by atoms with Gasteiger partial charge in [-0.3, -0.25) is 10.1 Å². The van der Waals surface area contributed by atoms with E-state index in [2.05, 4.69) is 31.2 Å². The van der Waals surface area contributed by atoms with Crippen molar-refractivity contribution in [3.05, 3.63) is 78.6 Å². The van der Waals surface area contributed by atoms with Crippen LogP contribution < -0.4 is 0 Å². The highest BCUT2D eigenvalue weighted by Gasteiger charge is 2.16. The van der Waals surface area contributed by atoms with E-state index in [-0.39, 0.29) is 5.82 Å². The highest BCUT2D eigenvalue weighted by atomic mass is 19.1. The van der Waals surface area contributed by atoms with Crippen molar-refractivity contribution in [2.45, 2.75) is 6.92 Å². The normalized spacial score (nSPS) is 11.6. The van der Waals surface area contributed by atoms with Crippen LogP contribution >= 0.6 is 0 Å². The van der Waals surface area contributed by atoms with Gasteiger partial charge in [0.25, 0.3) is 0 Å². The Hall–Kier alpha value is -4.26. The minimum absolute atomic E-state index is 0.244. The van der Waals surface area contributed by atoms with Gasteiger partial charge in [-0.25, -0.2) is 9.37 Å². The first-order chi connectivity index (χ1) is 15.6. The molecule has 0 fully saturated rings. The molecule has 0 aliphatic carbocycles. The summed E-state index contributed by atoms with van der Waals surface area (Å²) < 4.78 is 15.4. The number of nitrogens with zero attached hydrogens (tertiary/aromatic N) is 4. The van der Waals surface area contributed by atoms with E-state index in [0.29, 0.717) is 0 Å². The van der Waals surface area contributed by atoms with E-state index >= 15 is 0 Å². The Morgan fingerprint density at radius 3 is 2.53 bits per heavy atom. The first-order valence-corrected chi connectivity index (χ1v) is 10.3. The van der Waals surface area contributed by atoms with Crippen molar-refractivity contribution in [1.29, 1.82) is 0 Å². The molecule has 0 aliphatic heterocycles. The lowest BCUT2D eigenvalue weighted by atomic mass is 10.0. The Morgan fingerprint density at radius 1 is 0.906 bits per heavy atom. The summed E-state index contributed by atoms with van der Waals surface area (Å²) in [6.45, 7) is 1.97. The Balaban J connectivity index is 1.51. The van der Waals surface area contributed by atoms with Gasteiger partial charge in [0.1, 0.15) is 17.3 Å². The second-order valence-electron chi connectivity index (χ2n) is 7.89. The van der Waals surface area contributed by atoms with Gasteiger partial charge in [-0.05, 0) is 48.4 Å². The summed E-state index contributed by atoms with van der Waals surface area (Å²) in [7, 11) is 1.98. The predicted molar refractivity (Wildman–Crippen MR) is 124 cm³/mol. The molecule has 4 heterocycles. The molecule has 0 unspecified atom stereocenters. The van der Waals surface area contributed by atoms with E-state index in [1.54, 1.807) is 18.3 Å². The molecule has 0 saturated carbocycles. The fourth-order valence-electron chi connectivity index (χ4n) is 4.17. The molecular weight excluding hydrogens is 403 g/mol. The Labute approximate surface area is 182 Å². The Kier molecular flexibility index (Phi) is 3.98. The minimum atomic E-state index is -0.244. The largest absolute Gasteiger partial charge is 0.353 e. The average Bonchev–Trinajstić information content (AvgIpc) is 3.50. The number of hydrogen-bond donors (Lipinski definition) is 2. The van der Waals surface area contributed by atoms with E-state index in [4.69, 9.17) is 0 Å². The number of pyridine rings is 1. The maximum atomic E-state index is 13.4. The molecule has 4 aromatic heterocycles. The third kappa shape index (κ3) is 2.82. The number of aromatic nitrogens is 6. The zero-order chi connectivity index (χ0) is 21.8. The summed E-state index contributed by atoms with van der Waals surface area (Å²) in [6, 6.07) is 16.8. The summed E-state index contributed by atoms with van der Waals surface area (Å²) in [5.74, 6) is 0.685. The molecule has 0 atom stereocenters. The van der Waals surface area contributed by atoms with Gasteiger partial charge in [0.2, 0.25) is 0 Å².